The van der Waals surface area contributed by atoms with E-state index in [0.29, 0.717) is 17.0 Å². The summed E-state index contributed by atoms with van der Waals surface area (Å²) in [5, 5.41) is 2.98. The van der Waals surface area contributed by atoms with Crippen LogP contribution in [0, 0.1) is 6.92 Å². The van der Waals surface area contributed by atoms with E-state index in [0.717, 1.165) is 22.6 Å². The van der Waals surface area contributed by atoms with Gasteiger partial charge in [0.05, 0.1) is 18.4 Å². The second-order valence-electron chi connectivity index (χ2n) is 6.75. The van der Waals surface area contributed by atoms with Crippen LogP contribution in [0.4, 0.5) is 5.69 Å². The van der Waals surface area contributed by atoms with Gasteiger partial charge in [0, 0.05) is 23.1 Å². The quantitative estimate of drug-likeness (QED) is 0.480. The molecule has 4 aromatic rings. The van der Waals surface area contributed by atoms with E-state index >= 15 is 0 Å². The van der Waals surface area contributed by atoms with E-state index in [1.165, 1.54) is 0 Å². The molecule has 0 aliphatic heterocycles. The highest BCUT2D eigenvalue weighted by Crippen LogP contribution is 2.30. The highest BCUT2D eigenvalue weighted by Gasteiger charge is 2.19. The van der Waals surface area contributed by atoms with Crippen molar-refractivity contribution in [2.45, 2.75) is 6.92 Å². The number of benzene rings is 3. The lowest BCUT2D eigenvalue weighted by Crippen LogP contribution is -2.13. The average molecular weight is 382 g/mol. The Bertz CT molecular complexity index is 1130. The van der Waals surface area contributed by atoms with E-state index in [4.69, 9.17) is 4.74 Å². The summed E-state index contributed by atoms with van der Waals surface area (Å²) >= 11 is 0. The van der Waals surface area contributed by atoms with Crippen molar-refractivity contribution >= 4 is 11.6 Å². The summed E-state index contributed by atoms with van der Waals surface area (Å²) in [5.74, 6) is 0.550. The zero-order chi connectivity index (χ0) is 20.2. The molecule has 0 atom stereocenters. The fourth-order valence-corrected chi connectivity index (χ4v) is 3.47. The summed E-state index contributed by atoms with van der Waals surface area (Å²) in [7, 11) is 1.61. The minimum atomic E-state index is -0.150. The zero-order valence-electron chi connectivity index (χ0n) is 16.4. The number of carbonyl (C=O) groups excluding carboxylic acids is 1. The van der Waals surface area contributed by atoms with Crippen LogP contribution in [0.2, 0.25) is 0 Å². The van der Waals surface area contributed by atoms with Gasteiger partial charge < -0.3 is 14.6 Å². The number of hydrogen-bond donors (Lipinski definition) is 1. The van der Waals surface area contributed by atoms with Crippen LogP contribution in [-0.2, 0) is 0 Å². The number of ether oxygens (including phenoxy) is 1. The number of nitrogens with zero attached hydrogens (tertiary/aromatic N) is 1. The molecule has 144 valence electrons. The van der Waals surface area contributed by atoms with Crippen LogP contribution in [0.5, 0.6) is 5.75 Å². The van der Waals surface area contributed by atoms with Gasteiger partial charge in [0.25, 0.3) is 5.91 Å². The lowest BCUT2D eigenvalue weighted by atomic mass is 10.1. The minimum absolute atomic E-state index is 0.150. The maximum absolute atomic E-state index is 13.1. The summed E-state index contributed by atoms with van der Waals surface area (Å²) in [6.45, 7) is 1.97. The van der Waals surface area contributed by atoms with Crippen molar-refractivity contribution in [3.05, 3.63) is 102 Å². The Morgan fingerprint density at radius 1 is 0.862 bits per heavy atom. The number of methoxy groups -OCH3 is 1. The molecule has 1 amide bonds. The van der Waals surface area contributed by atoms with Crippen molar-refractivity contribution in [2.75, 3.05) is 12.4 Å². The fraction of sp³-hybridized carbons (Fsp3) is 0.0800. The maximum Gasteiger partial charge on any atom is 0.257 e. The van der Waals surface area contributed by atoms with Crippen LogP contribution >= 0.6 is 0 Å². The summed E-state index contributed by atoms with van der Waals surface area (Å²) in [4.78, 5) is 13.1. The molecule has 0 saturated heterocycles. The largest absolute Gasteiger partial charge is 0.497 e. The van der Waals surface area contributed by atoms with Gasteiger partial charge in [-0.15, -0.1) is 0 Å². The van der Waals surface area contributed by atoms with Crippen molar-refractivity contribution in [1.29, 1.82) is 0 Å². The average Bonchev–Trinajstić information content (AvgIpc) is 3.12. The lowest BCUT2D eigenvalue weighted by Gasteiger charge is -2.12. The number of nitrogens with one attached hydrogen (secondary N) is 1. The van der Waals surface area contributed by atoms with E-state index < -0.39 is 0 Å². The van der Waals surface area contributed by atoms with Gasteiger partial charge in [-0.2, -0.15) is 0 Å². The summed E-state index contributed by atoms with van der Waals surface area (Å²) in [6.07, 6.45) is 0. The number of aromatic nitrogens is 1. The minimum Gasteiger partial charge on any atom is -0.497 e. The van der Waals surface area contributed by atoms with E-state index in [1.54, 1.807) is 13.2 Å². The van der Waals surface area contributed by atoms with Crippen LogP contribution in [0.15, 0.2) is 91.0 Å². The Balaban J connectivity index is 1.78. The molecule has 4 rings (SSSR count). The zero-order valence-corrected chi connectivity index (χ0v) is 16.4. The monoisotopic (exact) mass is 382 g/mol. The molecule has 0 spiro atoms. The summed E-state index contributed by atoms with van der Waals surface area (Å²) < 4.78 is 7.37. The molecular formula is C25H22N2O2. The summed E-state index contributed by atoms with van der Waals surface area (Å²) in [5.41, 5.74) is 5.27. The molecule has 0 unspecified atom stereocenters. The predicted molar refractivity (Wildman–Crippen MR) is 117 cm³/mol. The standard InChI is InChI=1S/C25H22N2O2/c1-18-23(25(28)26-20-12-9-15-22(16-20)29-2)17-24(19-10-5-3-6-11-19)27(18)21-13-7-4-8-14-21/h3-17H,1-2H3,(H,26,28). The van der Waals surface area contributed by atoms with Gasteiger partial charge in [0.2, 0.25) is 0 Å². The second kappa shape index (κ2) is 8.07. The molecule has 1 aromatic heterocycles. The molecule has 4 heteroatoms. The second-order valence-corrected chi connectivity index (χ2v) is 6.75. The molecule has 1 N–H and O–H groups in total. The van der Waals surface area contributed by atoms with Crippen molar-refractivity contribution in [3.8, 4) is 22.7 Å². The normalized spacial score (nSPS) is 10.6. The molecule has 0 radical (unpaired) electrons. The van der Waals surface area contributed by atoms with Crippen molar-refractivity contribution in [1.82, 2.24) is 4.57 Å². The predicted octanol–water partition coefficient (Wildman–Crippen LogP) is 5.71. The SMILES string of the molecule is COc1cccc(NC(=O)c2cc(-c3ccccc3)n(-c3ccccc3)c2C)c1. The van der Waals surface area contributed by atoms with Crippen LogP contribution in [0.1, 0.15) is 16.1 Å². The molecule has 0 aliphatic carbocycles. The van der Waals surface area contributed by atoms with Gasteiger partial charge in [-0.1, -0.05) is 54.6 Å². The van der Waals surface area contributed by atoms with E-state index in [2.05, 4.69) is 22.0 Å². The number of carbonyl (C=O) groups is 1. The molecule has 4 nitrogen and oxygen atoms in total. The topological polar surface area (TPSA) is 43.3 Å². The highest BCUT2D eigenvalue weighted by molar-refractivity contribution is 6.06. The Hall–Kier alpha value is -3.79. The molecule has 0 aliphatic rings. The first-order valence-electron chi connectivity index (χ1n) is 9.46. The number of rotatable bonds is 5. The third-order valence-electron chi connectivity index (χ3n) is 4.90. The Morgan fingerprint density at radius 2 is 1.55 bits per heavy atom. The van der Waals surface area contributed by atoms with Gasteiger partial charge in [-0.3, -0.25) is 4.79 Å². The van der Waals surface area contributed by atoms with E-state index in [-0.39, 0.29) is 5.91 Å². The first-order chi connectivity index (χ1) is 14.2. The Kier molecular flexibility index (Phi) is 5.16. The highest BCUT2D eigenvalue weighted by atomic mass is 16.5. The fourth-order valence-electron chi connectivity index (χ4n) is 3.47. The number of hydrogen-bond acceptors (Lipinski definition) is 2. The first kappa shape index (κ1) is 18.6. The number of amides is 1. The molecule has 0 fully saturated rings. The molecule has 1 heterocycles. The molecule has 3 aromatic carbocycles. The molecule has 0 bridgehead atoms. The van der Waals surface area contributed by atoms with Gasteiger partial charge in [0.1, 0.15) is 5.75 Å². The van der Waals surface area contributed by atoms with Crippen molar-refractivity contribution in [2.24, 2.45) is 0 Å². The van der Waals surface area contributed by atoms with Crippen LogP contribution in [0.25, 0.3) is 16.9 Å². The smallest absolute Gasteiger partial charge is 0.257 e. The summed E-state index contributed by atoms with van der Waals surface area (Å²) in [6, 6.07) is 29.5. The maximum atomic E-state index is 13.1. The van der Waals surface area contributed by atoms with Gasteiger partial charge in [-0.05, 0) is 42.8 Å². The third kappa shape index (κ3) is 3.78. The molecule has 0 saturated carbocycles. The van der Waals surface area contributed by atoms with Crippen LogP contribution < -0.4 is 10.1 Å². The Labute approximate surface area is 170 Å². The van der Waals surface area contributed by atoms with Gasteiger partial charge in [-0.25, -0.2) is 0 Å². The van der Waals surface area contributed by atoms with Gasteiger partial charge in [0.15, 0.2) is 0 Å². The van der Waals surface area contributed by atoms with E-state index in [1.807, 2.05) is 79.7 Å². The van der Waals surface area contributed by atoms with Crippen LogP contribution in [0.3, 0.4) is 0 Å². The number of anilines is 1. The molecule has 29 heavy (non-hydrogen) atoms. The first-order valence-corrected chi connectivity index (χ1v) is 9.46. The third-order valence-corrected chi connectivity index (χ3v) is 4.90. The van der Waals surface area contributed by atoms with Crippen LogP contribution in [-0.4, -0.2) is 17.6 Å². The van der Waals surface area contributed by atoms with Crippen molar-refractivity contribution < 1.29 is 9.53 Å². The number of para-hydroxylation sites is 1. The Morgan fingerprint density at radius 3 is 2.24 bits per heavy atom. The molecular weight excluding hydrogens is 360 g/mol. The van der Waals surface area contributed by atoms with E-state index in [9.17, 15) is 4.79 Å². The lowest BCUT2D eigenvalue weighted by molar-refractivity contribution is 0.102. The van der Waals surface area contributed by atoms with Gasteiger partial charge >= 0.3 is 0 Å². The van der Waals surface area contributed by atoms with Crippen molar-refractivity contribution in [3.63, 3.8) is 0 Å².